The lowest BCUT2D eigenvalue weighted by atomic mass is 9.78. The molecular formula is C20H28N2O3. The first kappa shape index (κ1) is 17.9. The van der Waals surface area contributed by atoms with Crippen molar-refractivity contribution in [2.24, 2.45) is 5.41 Å². The third kappa shape index (κ3) is 4.60. The SMILES string of the molecule is Cc1ccccc1NC(=O)CC1(CC(=O)N2CCOCC2)CCCC1. The molecule has 1 saturated heterocycles. The minimum Gasteiger partial charge on any atom is -0.378 e. The summed E-state index contributed by atoms with van der Waals surface area (Å²) in [4.78, 5) is 27.2. The zero-order chi connectivity index (χ0) is 17.7. The zero-order valence-electron chi connectivity index (χ0n) is 15.1. The second-order valence-corrected chi connectivity index (χ2v) is 7.42. The number of amides is 2. The van der Waals surface area contributed by atoms with Crippen LogP contribution in [0.25, 0.3) is 0 Å². The minimum absolute atomic E-state index is 0.0194. The van der Waals surface area contributed by atoms with Gasteiger partial charge in [0.2, 0.25) is 11.8 Å². The van der Waals surface area contributed by atoms with Crippen LogP contribution in [0, 0.1) is 12.3 Å². The average molecular weight is 344 g/mol. The van der Waals surface area contributed by atoms with Gasteiger partial charge in [-0.2, -0.15) is 0 Å². The molecular weight excluding hydrogens is 316 g/mol. The highest BCUT2D eigenvalue weighted by Gasteiger charge is 2.39. The van der Waals surface area contributed by atoms with E-state index in [9.17, 15) is 9.59 Å². The minimum atomic E-state index is -0.178. The summed E-state index contributed by atoms with van der Waals surface area (Å²) < 4.78 is 5.33. The van der Waals surface area contributed by atoms with E-state index in [0.29, 0.717) is 39.1 Å². The molecule has 2 amide bonds. The highest BCUT2D eigenvalue weighted by Crippen LogP contribution is 2.44. The molecule has 1 aliphatic heterocycles. The number of ether oxygens (including phenoxy) is 1. The second-order valence-electron chi connectivity index (χ2n) is 7.42. The van der Waals surface area contributed by atoms with Gasteiger partial charge >= 0.3 is 0 Å². The molecule has 2 fully saturated rings. The molecule has 5 heteroatoms. The van der Waals surface area contributed by atoms with E-state index in [1.165, 1.54) is 0 Å². The number of carbonyl (C=O) groups excluding carboxylic acids is 2. The van der Waals surface area contributed by atoms with Gasteiger partial charge in [-0.05, 0) is 36.8 Å². The molecule has 2 aliphatic rings. The standard InChI is InChI=1S/C20H28N2O3/c1-16-6-2-3-7-17(16)21-18(23)14-20(8-4-5-9-20)15-19(24)22-10-12-25-13-11-22/h2-3,6-7H,4-5,8-15H2,1H3,(H,21,23). The lowest BCUT2D eigenvalue weighted by Gasteiger charge is -2.33. The van der Waals surface area contributed by atoms with Crippen molar-refractivity contribution >= 4 is 17.5 Å². The van der Waals surface area contributed by atoms with Crippen LogP contribution in [0.3, 0.4) is 0 Å². The van der Waals surface area contributed by atoms with E-state index in [1.807, 2.05) is 36.1 Å². The Bertz CT molecular complexity index is 617. The van der Waals surface area contributed by atoms with Gasteiger partial charge in [-0.1, -0.05) is 31.0 Å². The van der Waals surface area contributed by atoms with E-state index < -0.39 is 0 Å². The van der Waals surface area contributed by atoms with E-state index in [2.05, 4.69) is 5.32 Å². The van der Waals surface area contributed by atoms with Gasteiger partial charge in [-0.15, -0.1) is 0 Å². The molecule has 5 nitrogen and oxygen atoms in total. The lowest BCUT2D eigenvalue weighted by molar-refractivity contribution is -0.138. The van der Waals surface area contributed by atoms with Crippen LogP contribution in [-0.4, -0.2) is 43.0 Å². The summed E-state index contributed by atoms with van der Waals surface area (Å²) >= 11 is 0. The lowest BCUT2D eigenvalue weighted by Crippen LogP contribution is -2.43. The Morgan fingerprint density at radius 1 is 1.12 bits per heavy atom. The van der Waals surface area contributed by atoms with Crippen LogP contribution in [0.1, 0.15) is 44.1 Å². The number of aryl methyl sites for hydroxylation is 1. The highest BCUT2D eigenvalue weighted by atomic mass is 16.5. The van der Waals surface area contributed by atoms with Crippen molar-refractivity contribution in [2.45, 2.75) is 45.4 Å². The first-order chi connectivity index (χ1) is 12.1. The first-order valence-corrected chi connectivity index (χ1v) is 9.29. The van der Waals surface area contributed by atoms with Gasteiger partial charge in [0.1, 0.15) is 0 Å². The molecule has 1 aromatic rings. The van der Waals surface area contributed by atoms with Crippen molar-refractivity contribution in [1.82, 2.24) is 4.90 Å². The summed E-state index contributed by atoms with van der Waals surface area (Å²) in [5.41, 5.74) is 1.74. The molecule has 136 valence electrons. The smallest absolute Gasteiger partial charge is 0.224 e. The average Bonchev–Trinajstić information content (AvgIpc) is 3.05. The van der Waals surface area contributed by atoms with E-state index in [0.717, 1.165) is 36.9 Å². The summed E-state index contributed by atoms with van der Waals surface area (Å²) in [6, 6.07) is 7.80. The quantitative estimate of drug-likeness (QED) is 0.893. The Balaban J connectivity index is 1.62. The maximum absolute atomic E-state index is 12.7. The van der Waals surface area contributed by atoms with Crippen LogP contribution in [0.5, 0.6) is 0 Å². The van der Waals surface area contributed by atoms with Gasteiger partial charge in [0.15, 0.2) is 0 Å². The summed E-state index contributed by atoms with van der Waals surface area (Å²) in [6.07, 6.45) is 5.04. The Kier molecular flexibility index (Phi) is 5.74. The number of morpholine rings is 1. The van der Waals surface area contributed by atoms with E-state index in [1.54, 1.807) is 0 Å². The predicted octanol–water partition coefficient (Wildman–Crippen LogP) is 3.13. The number of hydrogen-bond donors (Lipinski definition) is 1. The van der Waals surface area contributed by atoms with Gasteiger partial charge in [-0.25, -0.2) is 0 Å². The van der Waals surface area contributed by atoms with Crippen molar-refractivity contribution in [3.63, 3.8) is 0 Å². The monoisotopic (exact) mass is 344 g/mol. The third-order valence-corrected chi connectivity index (χ3v) is 5.51. The topological polar surface area (TPSA) is 58.6 Å². The molecule has 0 atom stereocenters. The Morgan fingerprint density at radius 3 is 2.48 bits per heavy atom. The Labute approximate surface area is 149 Å². The van der Waals surface area contributed by atoms with Crippen LogP contribution >= 0.6 is 0 Å². The van der Waals surface area contributed by atoms with E-state index in [-0.39, 0.29) is 17.2 Å². The van der Waals surface area contributed by atoms with E-state index >= 15 is 0 Å². The van der Waals surface area contributed by atoms with Crippen LogP contribution in [0.4, 0.5) is 5.69 Å². The molecule has 3 rings (SSSR count). The fraction of sp³-hybridized carbons (Fsp3) is 0.600. The molecule has 1 N–H and O–H groups in total. The van der Waals surface area contributed by atoms with Gasteiger partial charge in [0, 0.05) is 31.6 Å². The predicted molar refractivity (Wildman–Crippen MR) is 97.3 cm³/mol. The Morgan fingerprint density at radius 2 is 1.80 bits per heavy atom. The van der Waals surface area contributed by atoms with Gasteiger partial charge in [-0.3, -0.25) is 9.59 Å². The van der Waals surface area contributed by atoms with Crippen LogP contribution in [-0.2, 0) is 14.3 Å². The molecule has 1 aliphatic carbocycles. The number of anilines is 1. The molecule has 1 heterocycles. The molecule has 1 saturated carbocycles. The molecule has 0 unspecified atom stereocenters. The molecule has 0 radical (unpaired) electrons. The summed E-state index contributed by atoms with van der Waals surface area (Å²) in [5, 5.41) is 3.03. The Hall–Kier alpha value is -1.88. The van der Waals surface area contributed by atoms with Crippen LogP contribution in [0.15, 0.2) is 24.3 Å². The molecule has 1 aromatic carbocycles. The molecule has 25 heavy (non-hydrogen) atoms. The number of rotatable bonds is 5. The fourth-order valence-corrected chi connectivity index (χ4v) is 4.03. The maximum Gasteiger partial charge on any atom is 0.224 e. The number of carbonyl (C=O) groups is 2. The van der Waals surface area contributed by atoms with Crippen molar-refractivity contribution < 1.29 is 14.3 Å². The van der Waals surface area contributed by atoms with Crippen molar-refractivity contribution in [3.05, 3.63) is 29.8 Å². The van der Waals surface area contributed by atoms with E-state index in [4.69, 9.17) is 4.74 Å². The second kappa shape index (κ2) is 8.00. The maximum atomic E-state index is 12.7. The number of hydrogen-bond acceptors (Lipinski definition) is 3. The largest absolute Gasteiger partial charge is 0.378 e. The number of benzene rings is 1. The third-order valence-electron chi connectivity index (χ3n) is 5.51. The fourth-order valence-electron chi connectivity index (χ4n) is 4.03. The summed E-state index contributed by atoms with van der Waals surface area (Å²) in [7, 11) is 0. The van der Waals surface area contributed by atoms with Crippen molar-refractivity contribution in [2.75, 3.05) is 31.6 Å². The van der Waals surface area contributed by atoms with Crippen LogP contribution in [0.2, 0.25) is 0 Å². The number of para-hydroxylation sites is 1. The number of nitrogens with one attached hydrogen (secondary N) is 1. The highest BCUT2D eigenvalue weighted by molar-refractivity contribution is 5.92. The van der Waals surface area contributed by atoms with Crippen molar-refractivity contribution in [1.29, 1.82) is 0 Å². The van der Waals surface area contributed by atoms with Crippen molar-refractivity contribution in [3.8, 4) is 0 Å². The van der Waals surface area contributed by atoms with Gasteiger partial charge in [0.25, 0.3) is 0 Å². The normalized spacial score (nSPS) is 19.6. The molecule has 0 spiro atoms. The zero-order valence-corrected chi connectivity index (χ0v) is 15.1. The molecule has 0 bridgehead atoms. The number of nitrogens with zero attached hydrogens (tertiary/aromatic N) is 1. The van der Waals surface area contributed by atoms with Gasteiger partial charge in [0.05, 0.1) is 13.2 Å². The van der Waals surface area contributed by atoms with Gasteiger partial charge < -0.3 is 15.0 Å². The van der Waals surface area contributed by atoms with Crippen LogP contribution < -0.4 is 5.32 Å². The summed E-state index contributed by atoms with van der Waals surface area (Å²) in [6.45, 7) is 4.57. The summed E-state index contributed by atoms with van der Waals surface area (Å²) in [5.74, 6) is 0.194. The first-order valence-electron chi connectivity index (χ1n) is 9.29. The molecule has 0 aromatic heterocycles.